The van der Waals surface area contributed by atoms with Gasteiger partial charge in [0.05, 0.1) is 18.0 Å². The molecule has 2 heterocycles. The molecule has 5 heteroatoms. The molecular weight excluding hydrogens is 302 g/mol. The summed E-state index contributed by atoms with van der Waals surface area (Å²) < 4.78 is 5.18. The summed E-state index contributed by atoms with van der Waals surface area (Å²) in [7, 11) is 0. The summed E-state index contributed by atoms with van der Waals surface area (Å²) in [5.41, 5.74) is 3.24. The lowest BCUT2D eigenvalue weighted by molar-refractivity contribution is 0.0525. The summed E-state index contributed by atoms with van der Waals surface area (Å²) in [6.45, 7) is 3.87. The van der Waals surface area contributed by atoms with Crippen molar-refractivity contribution in [2.45, 2.75) is 13.8 Å². The number of pyridine rings is 1. The lowest BCUT2D eigenvalue weighted by atomic mass is 10.0. The summed E-state index contributed by atoms with van der Waals surface area (Å²) >= 11 is 0. The second-order valence-electron chi connectivity index (χ2n) is 5.18. The normalized spacial score (nSPS) is 10.4. The minimum Gasteiger partial charge on any atom is -0.462 e. The van der Waals surface area contributed by atoms with Crippen molar-refractivity contribution >= 4 is 5.97 Å². The molecule has 0 atom stereocenters. The predicted molar refractivity (Wildman–Crippen MR) is 91.4 cm³/mol. The van der Waals surface area contributed by atoms with Crippen molar-refractivity contribution in [3.05, 3.63) is 66.1 Å². The Labute approximate surface area is 140 Å². The van der Waals surface area contributed by atoms with Gasteiger partial charge in [-0.25, -0.2) is 14.8 Å². The monoisotopic (exact) mass is 319 g/mol. The van der Waals surface area contributed by atoms with E-state index in [1.54, 1.807) is 26.2 Å². The Kier molecular flexibility index (Phi) is 4.61. The summed E-state index contributed by atoms with van der Waals surface area (Å²) in [6.07, 6.45) is 3.34. The van der Waals surface area contributed by atoms with Crippen molar-refractivity contribution in [2.24, 2.45) is 0 Å². The number of benzene rings is 1. The maximum Gasteiger partial charge on any atom is 0.342 e. The van der Waals surface area contributed by atoms with E-state index in [0.29, 0.717) is 29.4 Å². The van der Waals surface area contributed by atoms with Crippen LogP contribution in [0.5, 0.6) is 0 Å². The molecule has 0 bridgehead atoms. The molecule has 0 aliphatic rings. The SMILES string of the molecule is CCOC(=O)c1c(C)nc(-c2ccccc2)nc1-c1ccncc1. The van der Waals surface area contributed by atoms with E-state index in [0.717, 1.165) is 11.1 Å². The van der Waals surface area contributed by atoms with E-state index in [4.69, 9.17) is 4.74 Å². The first-order chi connectivity index (χ1) is 11.7. The Bertz CT molecular complexity index is 849. The Morgan fingerprint density at radius 3 is 2.38 bits per heavy atom. The van der Waals surface area contributed by atoms with Gasteiger partial charge in [0, 0.05) is 23.5 Å². The molecule has 2 aromatic heterocycles. The maximum absolute atomic E-state index is 12.4. The van der Waals surface area contributed by atoms with Crippen LogP contribution in [-0.4, -0.2) is 27.5 Å². The molecule has 0 saturated carbocycles. The number of aromatic nitrogens is 3. The molecular formula is C19H17N3O2. The van der Waals surface area contributed by atoms with Gasteiger partial charge in [0.25, 0.3) is 0 Å². The molecule has 0 aliphatic carbocycles. The summed E-state index contributed by atoms with van der Waals surface area (Å²) in [4.78, 5) is 25.6. The van der Waals surface area contributed by atoms with E-state index in [-0.39, 0.29) is 0 Å². The fraction of sp³-hybridized carbons (Fsp3) is 0.158. The molecule has 0 spiro atoms. The Morgan fingerprint density at radius 1 is 1.00 bits per heavy atom. The molecule has 0 fully saturated rings. The van der Waals surface area contributed by atoms with Gasteiger partial charge in [-0.05, 0) is 26.0 Å². The summed E-state index contributed by atoms with van der Waals surface area (Å²) in [5.74, 6) is 0.161. The molecule has 5 nitrogen and oxygen atoms in total. The van der Waals surface area contributed by atoms with Crippen molar-refractivity contribution in [2.75, 3.05) is 6.61 Å². The topological polar surface area (TPSA) is 65.0 Å². The van der Waals surface area contributed by atoms with Crippen molar-refractivity contribution in [3.63, 3.8) is 0 Å². The Hall–Kier alpha value is -3.08. The third-order valence-corrected chi connectivity index (χ3v) is 3.56. The number of carbonyl (C=O) groups is 1. The first-order valence-electron chi connectivity index (χ1n) is 7.72. The van der Waals surface area contributed by atoms with Gasteiger partial charge in [-0.15, -0.1) is 0 Å². The van der Waals surface area contributed by atoms with Crippen molar-refractivity contribution in [1.82, 2.24) is 15.0 Å². The van der Waals surface area contributed by atoms with Crippen LogP contribution in [0.4, 0.5) is 0 Å². The number of rotatable bonds is 4. The van der Waals surface area contributed by atoms with Gasteiger partial charge < -0.3 is 4.74 Å². The number of hydrogen-bond donors (Lipinski definition) is 0. The van der Waals surface area contributed by atoms with Crippen LogP contribution in [-0.2, 0) is 4.74 Å². The molecule has 120 valence electrons. The minimum absolute atomic E-state index is 0.300. The van der Waals surface area contributed by atoms with Crippen molar-refractivity contribution in [3.8, 4) is 22.6 Å². The molecule has 0 radical (unpaired) electrons. The van der Waals surface area contributed by atoms with Gasteiger partial charge >= 0.3 is 5.97 Å². The number of nitrogens with zero attached hydrogens (tertiary/aromatic N) is 3. The maximum atomic E-state index is 12.4. The number of hydrogen-bond acceptors (Lipinski definition) is 5. The van der Waals surface area contributed by atoms with Gasteiger partial charge in [0.15, 0.2) is 5.82 Å². The van der Waals surface area contributed by atoms with Gasteiger partial charge in [0.2, 0.25) is 0 Å². The summed E-state index contributed by atoms with van der Waals surface area (Å²) in [6, 6.07) is 13.3. The Balaban J connectivity index is 2.21. The minimum atomic E-state index is -0.415. The first-order valence-corrected chi connectivity index (χ1v) is 7.72. The molecule has 0 N–H and O–H groups in total. The lowest BCUT2D eigenvalue weighted by Crippen LogP contribution is -2.12. The zero-order valence-corrected chi connectivity index (χ0v) is 13.6. The highest BCUT2D eigenvalue weighted by Crippen LogP contribution is 2.27. The first kappa shape index (κ1) is 15.8. The van der Waals surface area contributed by atoms with Gasteiger partial charge in [-0.2, -0.15) is 0 Å². The van der Waals surface area contributed by atoms with Crippen LogP contribution in [0.25, 0.3) is 22.6 Å². The second kappa shape index (κ2) is 7.00. The predicted octanol–water partition coefficient (Wildman–Crippen LogP) is 3.69. The number of esters is 1. The fourth-order valence-electron chi connectivity index (χ4n) is 2.46. The van der Waals surface area contributed by atoms with Crippen LogP contribution in [0.1, 0.15) is 23.0 Å². The number of carbonyl (C=O) groups excluding carboxylic acids is 1. The standard InChI is InChI=1S/C19H17N3O2/c1-3-24-19(23)16-13(2)21-18(15-7-5-4-6-8-15)22-17(16)14-9-11-20-12-10-14/h4-12H,3H2,1-2H3. The largest absolute Gasteiger partial charge is 0.462 e. The number of ether oxygens (including phenoxy) is 1. The average Bonchev–Trinajstić information content (AvgIpc) is 2.62. The molecule has 3 rings (SSSR count). The molecule has 0 aliphatic heterocycles. The van der Waals surface area contributed by atoms with E-state index in [9.17, 15) is 4.79 Å². The Morgan fingerprint density at radius 2 is 1.71 bits per heavy atom. The third-order valence-electron chi connectivity index (χ3n) is 3.56. The van der Waals surface area contributed by atoms with Crippen LogP contribution in [0.2, 0.25) is 0 Å². The molecule has 3 aromatic rings. The smallest absolute Gasteiger partial charge is 0.342 e. The zero-order chi connectivity index (χ0) is 16.9. The average molecular weight is 319 g/mol. The number of aryl methyl sites for hydroxylation is 1. The van der Waals surface area contributed by atoms with E-state index in [2.05, 4.69) is 15.0 Å². The van der Waals surface area contributed by atoms with Crippen LogP contribution >= 0.6 is 0 Å². The molecule has 24 heavy (non-hydrogen) atoms. The zero-order valence-electron chi connectivity index (χ0n) is 13.6. The summed E-state index contributed by atoms with van der Waals surface area (Å²) in [5, 5.41) is 0. The van der Waals surface area contributed by atoms with E-state index < -0.39 is 5.97 Å². The van der Waals surface area contributed by atoms with Gasteiger partial charge in [-0.1, -0.05) is 30.3 Å². The van der Waals surface area contributed by atoms with Gasteiger partial charge in [0.1, 0.15) is 5.56 Å². The van der Waals surface area contributed by atoms with Gasteiger partial charge in [-0.3, -0.25) is 4.98 Å². The second-order valence-corrected chi connectivity index (χ2v) is 5.18. The molecule has 0 unspecified atom stereocenters. The van der Waals surface area contributed by atoms with E-state index >= 15 is 0 Å². The molecule has 0 amide bonds. The van der Waals surface area contributed by atoms with Crippen molar-refractivity contribution in [1.29, 1.82) is 0 Å². The molecule has 0 saturated heterocycles. The van der Waals surface area contributed by atoms with Crippen LogP contribution in [0.3, 0.4) is 0 Å². The highest BCUT2D eigenvalue weighted by Gasteiger charge is 2.21. The lowest BCUT2D eigenvalue weighted by Gasteiger charge is -2.13. The highest BCUT2D eigenvalue weighted by molar-refractivity contribution is 5.97. The quantitative estimate of drug-likeness (QED) is 0.686. The molecule has 1 aromatic carbocycles. The van der Waals surface area contributed by atoms with E-state index in [1.807, 2.05) is 42.5 Å². The van der Waals surface area contributed by atoms with Crippen LogP contribution in [0.15, 0.2) is 54.9 Å². The van der Waals surface area contributed by atoms with E-state index in [1.165, 1.54) is 0 Å². The van der Waals surface area contributed by atoms with Crippen LogP contribution in [0, 0.1) is 6.92 Å². The highest BCUT2D eigenvalue weighted by atomic mass is 16.5. The third kappa shape index (κ3) is 3.15. The van der Waals surface area contributed by atoms with Crippen LogP contribution < -0.4 is 0 Å². The van der Waals surface area contributed by atoms with Crippen molar-refractivity contribution < 1.29 is 9.53 Å². The fourth-order valence-corrected chi connectivity index (χ4v) is 2.46.